The minimum atomic E-state index is -0.995. The van der Waals surface area contributed by atoms with Gasteiger partial charge in [-0.2, -0.15) is 0 Å². The Bertz CT molecular complexity index is 523. The summed E-state index contributed by atoms with van der Waals surface area (Å²) in [7, 11) is 0. The highest BCUT2D eigenvalue weighted by molar-refractivity contribution is 6.31. The second-order valence-electron chi connectivity index (χ2n) is 5.19. The van der Waals surface area contributed by atoms with E-state index in [0.29, 0.717) is 22.9 Å². The fourth-order valence-corrected chi connectivity index (χ4v) is 2.20. The minimum absolute atomic E-state index is 0.0598. The lowest BCUT2D eigenvalue weighted by Gasteiger charge is -2.18. The molecule has 0 atom stereocenters. The first-order chi connectivity index (χ1) is 9.86. The number of Topliss-reactive ketones (excluding diaryl/α,β-unsaturated/α-hetero) is 1. The van der Waals surface area contributed by atoms with Gasteiger partial charge in [-0.3, -0.25) is 9.59 Å². The number of carboxylic acids is 1. The van der Waals surface area contributed by atoms with Crippen LogP contribution in [0.25, 0.3) is 0 Å². The highest BCUT2D eigenvalue weighted by Crippen LogP contribution is 2.34. The zero-order chi connectivity index (χ0) is 16.0. The van der Waals surface area contributed by atoms with Crippen LogP contribution in [0.3, 0.4) is 0 Å². The summed E-state index contributed by atoms with van der Waals surface area (Å²) in [4.78, 5) is 22.9. The van der Waals surface area contributed by atoms with Gasteiger partial charge in [0.15, 0.2) is 5.78 Å². The SMILES string of the molecule is CCCOc1c(C(=O)CCC(=O)O)cc(Cl)cc1C(C)C. The lowest BCUT2D eigenvalue weighted by atomic mass is 9.96. The van der Waals surface area contributed by atoms with E-state index >= 15 is 0 Å². The van der Waals surface area contributed by atoms with Gasteiger partial charge in [0.2, 0.25) is 0 Å². The van der Waals surface area contributed by atoms with Crippen LogP contribution < -0.4 is 4.74 Å². The van der Waals surface area contributed by atoms with E-state index in [1.165, 1.54) is 0 Å². The van der Waals surface area contributed by atoms with Crippen molar-refractivity contribution >= 4 is 23.4 Å². The van der Waals surface area contributed by atoms with Crippen LogP contribution in [-0.4, -0.2) is 23.5 Å². The molecule has 0 heterocycles. The molecular formula is C16H21ClO4. The molecule has 0 radical (unpaired) electrons. The van der Waals surface area contributed by atoms with Crippen molar-refractivity contribution in [1.82, 2.24) is 0 Å². The average Bonchev–Trinajstić information content (AvgIpc) is 2.42. The normalized spacial score (nSPS) is 10.7. The number of carboxylic acid groups (broad SMARTS) is 1. The fraction of sp³-hybridized carbons (Fsp3) is 0.500. The van der Waals surface area contributed by atoms with Crippen molar-refractivity contribution in [1.29, 1.82) is 0 Å². The molecule has 0 unspecified atom stereocenters. The second-order valence-corrected chi connectivity index (χ2v) is 5.63. The van der Waals surface area contributed by atoms with Crippen LogP contribution in [0.2, 0.25) is 5.02 Å². The van der Waals surface area contributed by atoms with Gasteiger partial charge in [-0.05, 0) is 30.0 Å². The van der Waals surface area contributed by atoms with E-state index in [4.69, 9.17) is 21.4 Å². The predicted molar refractivity (Wildman–Crippen MR) is 82.5 cm³/mol. The highest BCUT2D eigenvalue weighted by Gasteiger charge is 2.20. The maximum absolute atomic E-state index is 12.3. The van der Waals surface area contributed by atoms with Crippen LogP contribution in [-0.2, 0) is 4.79 Å². The Morgan fingerprint density at radius 1 is 1.29 bits per heavy atom. The smallest absolute Gasteiger partial charge is 0.303 e. The fourth-order valence-electron chi connectivity index (χ4n) is 1.97. The maximum atomic E-state index is 12.3. The second kappa shape index (κ2) is 8.03. The first-order valence-corrected chi connectivity index (χ1v) is 7.45. The van der Waals surface area contributed by atoms with Crippen LogP contribution in [0.15, 0.2) is 12.1 Å². The van der Waals surface area contributed by atoms with E-state index in [9.17, 15) is 9.59 Å². The van der Waals surface area contributed by atoms with Gasteiger partial charge in [0, 0.05) is 11.4 Å². The third kappa shape index (κ3) is 5.05. The van der Waals surface area contributed by atoms with Crippen LogP contribution in [0.1, 0.15) is 61.9 Å². The largest absolute Gasteiger partial charge is 0.493 e. The van der Waals surface area contributed by atoms with Gasteiger partial charge in [-0.1, -0.05) is 32.4 Å². The molecule has 1 aromatic rings. The van der Waals surface area contributed by atoms with E-state index in [-0.39, 0.29) is 24.5 Å². The van der Waals surface area contributed by atoms with E-state index in [1.807, 2.05) is 20.8 Å². The summed E-state index contributed by atoms with van der Waals surface area (Å²) in [5.41, 5.74) is 1.25. The quantitative estimate of drug-likeness (QED) is 0.727. The molecule has 116 valence electrons. The van der Waals surface area contributed by atoms with Crippen LogP contribution in [0.5, 0.6) is 5.75 Å². The summed E-state index contributed by atoms with van der Waals surface area (Å²) in [6, 6.07) is 3.35. The van der Waals surface area contributed by atoms with Gasteiger partial charge in [0.05, 0.1) is 18.6 Å². The maximum Gasteiger partial charge on any atom is 0.303 e. The summed E-state index contributed by atoms with van der Waals surface area (Å²) in [6.07, 6.45) is 0.564. The highest BCUT2D eigenvalue weighted by atomic mass is 35.5. The topological polar surface area (TPSA) is 63.6 Å². The molecule has 21 heavy (non-hydrogen) atoms. The van der Waals surface area contributed by atoms with Crippen molar-refractivity contribution in [3.05, 3.63) is 28.3 Å². The number of benzene rings is 1. The summed E-state index contributed by atoms with van der Waals surface area (Å²) < 4.78 is 5.73. The van der Waals surface area contributed by atoms with Gasteiger partial charge in [0.1, 0.15) is 5.75 Å². The predicted octanol–water partition coefficient (Wildman–Crippen LogP) is 4.30. The van der Waals surface area contributed by atoms with Crippen molar-refractivity contribution in [3.8, 4) is 5.75 Å². The Balaban J connectivity index is 3.20. The van der Waals surface area contributed by atoms with Gasteiger partial charge in [-0.15, -0.1) is 0 Å². The molecular weight excluding hydrogens is 292 g/mol. The Kier molecular flexibility index (Phi) is 6.69. The van der Waals surface area contributed by atoms with E-state index in [1.54, 1.807) is 12.1 Å². The lowest BCUT2D eigenvalue weighted by molar-refractivity contribution is -0.136. The lowest BCUT2D eigenvalue weighted by Crippen LogP contribution is -2.10. The molecule has 0 aliphatic heterocycles. The molecule has 0 spiro atoms. The Morgan fingerprint density at radius 2 is 1.95 bits per heavy atom. The number of rotatable bonds is 8. The van der Waals surface area contributed by atoms with Crippen LogP contribution in [0, 0.1) is 0 Å². The number of hydrogen-bond acceptors (Lipinski definition) is 3. The van der Waals surface area contributed by atoms with Gasteiger partial charge in [0.25, 0.3) is 0 Å². The van der Waals surface area contributed by atoms with Crippen molar-refractivity contribution in [2.45, 2.75) is 46.0 Å². The number of ketones is 1. The van der Waals surface area contributed by atoms with Crippen molar-refractivity contribution in [3.63, 3.8) is 0 Å². The number of hydrogen-bond donors (Lipinski definition) is 1. The molecule has 5 heteroatoms. The van der Waals surface area contributed by atoms with Gasteiger partial charge >= 0.3 is 5.97 Å². The third-order valence-electron chi connectivity index (χ3n) is 3.02. The monoisotopic (exact) mass is 312 g/mol. The minimum Gasteiger partial charge on any atom is -0.493 e. The van der Waals surface area contributed by atoms with E-state index in [0.717, 1.165) is 12.0 Å². The summed E-state index contributed by atoms with van der Waals surface area (Å²) >= 11 is 6.08. The molecule has 0 aliphatic carbocycles. The summed E-state index contributed by atoms with van der Waals surface area (Å²) in [5.74, 6) is -0.563. The number of aliphatic carboxylic acids is 1. The number of ether oxygens (including phenoxy) is 1. The van der Waals surface area contributed by atoms with Crippen LogP contribution in [0.4, 0.5) is 0 Å². The summed E-state index contributed by atoms with van der Waals surface area (Å²) in [5, 5.41) is 9.17. The molecule has 0 aromatic heterocycles. The molecule has 1 aromatic carbocycles. The van der Waals surface area contributed by atoms with Crippen molar-refractivity contribution < 1.29 is 19.4 Å². The average molecular weight is 313 g/mol. The molecule has 4 nitrogen and oxygen atoms in total. The van der Waals surface area contributed by atoms with E-state index < -0.39 is 5.97 Å². The molecule has 1 rings (SSSR count). The molecule has 1 N–H and O–H groups in total. The van der Waals surface area contributed by atoms with E-state index in [2.05, 4.69) is 0 Å². The standard InChI is InChI=1S/C16H21ClO4/c1-4-7-21-16-12(10(2)3)8-11(17)9-13(16)14(18)5-6-15(19)20/h8-10H,4-7H2,1-3H3,(H,19,20). The molecule has 0 bridgehead atoms. The zero-order valence-electron chi connectivity index (χ0n) is 12.6. The summed E-state index contributed by atoms with van der Waals surface area (Å²) in [6.45, 7) is 6.48. The van der Waals surface area contributed by atoms with Gasteiger partial charge < -0.3 is 9.84 Å². The first kappa shape index (κ1) is 17.5. The van der Waals surface area contributed by atoms with Crippen LogP contribution >= 0.6 is 11.6 Å². The van der Waals surface area contributed by atoms with Crippen molar-refractivity contribution in [2.75, 3.05) is 6.61 Å². The van der Waals surface area contributed by atoms with Gasteiger partial charge in [-0.25, -0.2) is 0 Å². The number of carbonyl (C=O) groups excluding carboxylic acids is 1. The molecule has 0 fully saturated rings. The third-order valence-corrected chi connectivity index (χ3v) is 3.24. The Hall–Kier alpha value is -1.55. The molecule has 0 aliphatic rings. The number of carbonyl (C=O) groups is 2. The molecule has 0 amide bonds. The molecule has 0 saturated heterocycles. The Labute approximate surface area is 130 Å². The molecule has 0 saturated carbocycles. The van der Waals surface area contributed by atoms with Crippen molar-refractivity contribution in [2.24, 2.45) is 0 Å². The zero-order valence-corrected chi connectivity index (χ0v) is 13.4. The number of halogens is 1. The first-order valence-electron chi connectivity index (χ1n) is 7.08. The Morgan fingerprint density at radius 3 is 2.48 bits per heavy atom.